The largest absolute Gasteiger partial charge is 0.379 e. The number of likely N-dealkylation sites (N-methyl/N-ethyl adjacent to an activating group) is 1. The molecule has 0 spiro atoms. The fourth-order valence-corrected chi connectivity index (χ4v) is 2.65. The first-order valence-corrected chi connectivity index (χ1v) is 6.40. The van der Waals surface area contributed by atoms with Crippen LogP contribution in [0.5, 0.6) is 0 Å². The number of para-hydroxylation sites is 1. The van der Waals surface area contributed by atoms with Crippen LogP contribution in [0.4, 0.5) is 5.69 Å². The molecular weight excluding hydrogens is 236 g/mol. The summed E-state index contributed by atoms with van der Waals surface area (Å²) in [6, 6.07) is 6.44. The monoisotopic (exact) mass is 254 g/mol. The number of nitrogens with zero attached hydrogens (tertiary/aromatic N) is 1. The van der Waals surface area contributed by atoms with Gasteiger partial charge in [-0.15, -0.1) is 0 Å². The van der Waals surface area contributed by atoms with Crippen molar-refractivity contribution in [3.8, 4) is 0 Å². The fourth-order valence-electron chi connectivity index (χ4n) is 2.32. The third kappa shape index (κ3) is 2.73. The van der Waals surface area contributed by atoms with E-state index in [1.807, 2.05) is 12.1 Å². The molecule has 1 aliphatic heterocycles. The molecule has 1 aromatic rings. The van der Waals surface area contributed by atoms with Crippen molar-refractivity contribution in [3.05, 3.63) is 28.8 Å². The molecule has 3 nitrogen and oxygen atoms in total. The number of hydrogen-bond donors (Lipinski definition) is 1. The smallest absolute Gasteiger partial charge is 0.0670 e. The van der Waals surface area contributed by atoms with Gasteiger partial charge in [0.2, 0.25) is 0 Å². The number of halogens is 1. The van der Waals surface area contributed by atoms with Gasteiger partial charge in [0.05, 0.1) is 23.4 Å². The van der Waals surface area contributed by atoms with Crippen molar-refractivity contribution in [2.24, 2.45) is 5.73 Å². The molecule has 4 heteroatoms. The normalized spacial score (nSPS) is 19.6. The third-order valence-corrected chi connectivity index (χ3v) is 3.60. The van der Waals surface area contributed by atoms with E-state index in [1.165, 1.54) is 5.56 Å². The van der Waals surface area contributed by atoms with Crippen LogP contribution in [0.3, 0.4) is 0 Å². The van der Waals surface area contributed by atoms with Gasteiger partial charge in [-0.05, 0) is 31.0 Å². The molecule has 17 heavy (non-hydrogen) atoms. The summed E-state index contributed by atoms with van der Waals surface area (Å²) >= 11 is 6.32. The molecule has 1 fully saturated rings. The molecule has 0 bridgehead atoms. The summed E-state index contributed by atoms with van der Waals surface area (Å²) in [5.41, 5.74) is 7.97. The third-order valence-electron chi connectivity index (χ3n) is 3.29. The van der Waals surface area contributed by atoms with Gasteiger partial charge in [-0.3, -0.25) is 0 Å². The van der Waals surface area contributed by atoms with Crippen molar-refractivity contribution >= 4 is 17.3 Å². The van der Waals surface area contributed by atoms with Gasteiger partial charge in [-0.25, -0.2) is 0 Å². The standard InChI is InChI=1S/C13H19ClN2O/c1-16(11-6-8-17-9-11)13-10(5-7-15)3-2-4-12(13)14/h2-4,11H,5-9,15H2,1H3. The first-order valence-electron chi connectivity index (χ1n) is 6.02. The van der Waals surface area contributed by atoms with E-state index in [0.717, 1.165) is 36.8 Å². The molecule has 1 atom stereocenters. The number of rotatable bonds is 4. The van der Waals surface area contributed by atoms with Crippen LogP contribution in [-0.2, 0) is 11.2 Å². The van der Waals surface area contributed by atoms with Gasteiger partial charge in [0, 0.05) is 13.7 Å². The summed E-state index contributed by atoms with van der Waals surface area (Å²) in [5, 5.41) is 0.797. The highest BCUT2D eigenvalue weighted by Crippen LogP contribution is 2.32. The Morgan fingerprint density at radius 2 is 2.35 bits per heavy atom. The highest BCUT2D eigenvalue weighted by Gasteiger charge is 2.23. The molecule has 1 saturated heterocycles. The highest BCUT2D eigenvalue weighted by molar-refractivity contribution is 6.33. The van der Waals surface area contributed by atoms with Crippen molar-refractivity contribution in [2.45, 2.75) is 18.9 Å². The summed E-state index contributed by atoms with van der Waals surface area (Å²) in [6.45, 7) is 2.26. The summed E-state index contributed by atoms with van der Waals surface area (Å²) in [7, 11) is 2.08. The van der Waals surface area contributed by atoms with E-state index in [0.29, 0.717) is 12.6 Å². The Morgan fingerprint density at radius 1 is 1.53 bits per heavy atom. The van der Waals surface area contributed by atoms with Crippen LogP contribution in [-0.4, -0.2) is 32.8 Å². The maximum atomic E-state index is 6.32. The molecule has 0 aromatic heterocycles. The molecule has 94 valence electrons. The van der Waals surface area contributed by atoms with Crippen LogP contribution in [0, 0.1) is 0 Å². The van der Waals surface area contributed by atoms with Gasteiger partial charge in [0.15, 0.2) is 0 Å². The molecule has 1 unspecified atom stereocenters. The minimum atomic E-state index is 0.423. The Bertz CT molecular complexity index is 378. The lowest BCUT2D eigenvalue weighted by Gasteiger charge is -2.28. The van der Waals surface area contributed by atoms with E-state index in [1.54, 1.807) is 0 Å². The van der Waals surface area contributed by atoms with Crippen LogP contribution in [0.2, 0.25) is 5.02 Å². The van der Waals surface area contributed by atoms with E-state index in [9.17, 15) is 0 Å². The van der Waals surface area contributed by atoms with Gasteiger partial charge in [0.1, 0.15) is 0 Å². The van der Waals surface area contributed by atoms with Crippen LogP contribution >= 0.6 is 11.6 Å². The first-order chi connectivity index (χ1) is 8.24. The molecule has 0 amide bonds. The summed E-state index contributed by atoms with van der Waals surface area (Å²) in [5.74, 6) is 0. The van der Waals surface area contributed by atoms with E-state index in [-0.39, 0.29) is 0 Å². The zero-order chi connectivity index (χ0) is 12.3. The van der Waals surface area contributed by atoms with E-state index in [4.69, 9.17) is 22.1 Å². The van der Waals surface area contributed by atoms with Crippen molar-refractivity contribution in [1.82, 2.24) is 0 Å². The van der Waals surface area contributed by atoms with Gasteiger partial charge in [0.25, 0.3) is 0 Å². The lowest BCUT2D eigenvalue weighted by atomic mass is 10.1. The van der Waals surface area contributed by atoms with Crippen LogP contribution < -0.4 is 10.6 Å². The van der Waals surface area contributed by atoms with Gasteiger partial charge >= 0.3 is 0 Å². The zero-order valence-corrected chi connectivity index (χ0v) is 10.9. The number of ether oxygens (including phenoxy) is 1. The molecule has 0 aliphatic carbocycles. The van der Waals surface area contributed by atoms with Crippen molar-refractivity contribution < 1.29 is 4.74 Å². The second-order valence-corrected chi connectivity index (χ2v) is 4.82. The minimum Gasteiger partial charge on any atom is -0.379 e. The van der Waals surface area contributed by atoms with Crippen LogP contribution in [0.1, 0.15) is 12.0 Å². The molecule has 1 heterocycles. The predicted octanol–water partition coefficient (Wildman–Crippen LogP) is 2.07. The maximum absolute atomic E-state index is 6.32. The topological polar surface area (TPSA) is 38.5 Å². The predicted molar refractivity (Wildman–Crippen MR) is 71.8 cm³/mol. The van der Waals surface area contributed by atoms with Crippen LogP contribution in [0.25, 0.3) is 0 Å². The van der Waals surface area contributed by atoms with E-state index in [2.05, 4.69) is 18.0 Å². The quantitative estimate of drug-likeness (QED) is 0.894. The average Bonchev–Trinajstić information content (AvgIpc) is 2.82. The number of benzene rings is 1. The highest BCUT2D eigenvalue weighted by atomic mass is 35.5. The molecular formula is C13H19ClN2O. The molecule has 2 rings (SSSR count). The van der Waals surface area contributed by atoms with Crippen molar-refractivity contribution in [2.75, 3.05) is 31.7 Å². The Hall–Kier alpha value is -0.770. The van der Waals surface area contributed by atoms with Gasteiger partial charge < -0.3 is 15.4 Å². The molecule has 0 saturated carbocycles. The number of anilines is 1. The molecule has 1 aromatic carbocycles. The van der Waals surface area contributed by atoms with Gasteiger partial charge in [-0.1, -0.05) is 23.7 Å². The number of hydrogen-bond acceptors (Lipinski definition) is 3. The Balaban J connectivity index is 2.28. The van der Waals surface area contributed by atoms with Crippen molar-refractivity contribution in [1.29, 1.82) is 0 Å². The number of nitrogens with two attached hydrogens (primary N) is 1. The molecule has 1 aliphatic rings. The van der Waals surface area contributed by atoms with Crippen molar-refractivity contribution in [3.63, 3.8) is 0 Å². The van der Waals surface area contributed by atoms with Gasteiger partial charge in [-0.2, -0.15) is 0 Å². The lowest BCUT2D eigenvalue weighted by Crippen LogP contribution is -2.33. The Labute approximate surface area is 107 Å². The zero-order valence-electron chi connectivity index (χ0n) is 10.2. The second kappa shape index (κ2) is 5.71. The summed E-state index contributed by atoms with van der Waals surface area (Å²) < 4.78 is 5.43. The first kappa shape index (κ1) is 12.7. The lowest BCUT2D eigenvalue weighted by molar-refractivity contribution is 0.193. The average molecular weight is 255 g/mol. The molecule has 2 N–H and O–H groups in total. The SMILES string of the molecule is CN(c1c(Cl)cccc1CCN)C1CCOC1. The minimum absolute atomic E-state index is 0.423. The molecule has 0 radical (unpaired) electrons. The Kier molecular flexibility index (Phi) is 4.26. The van der Waals surface area contributed by atoms with Crippen LogP contribution in [0.15, 0.2) is 18.2 Å². The second-order valence-electron chi connectivity index (χ2n) is 4.41. The van der Waals surface area contributed by atoms with E-state index < -0.39 is 0 Å². The Morgan fingerprint density at radius 3 is 3.00 bits per heavy atom. The summed E-state index contributed by atoms with van der Waals surface area (Å²) in [6.07, 6.45) is 1.91. The maximum Gasteiger partial charge on any atom is 0.0670 e. The van der Waals surface area contributed by atoms with E-state index >= 15 is 0 Å². The fraction of sp³-hybridized carbons (Fsp3) is 0.538. The summed E-state index contributed by atoms with van der Waals surface area (Å²) in [4.78, 5) is 2.24.